The van der Waals surface area contributed by atoms with Crippen LogP contribution in [0.2, 0.25) is 0 Å². The Balaban J connectivity index is 2.34. The fourth-order valence-corrected chi connectivity index (χ4v) is 1.56. The molecule has 0 fully saturated rings. The van der Waals surface area contributed by atoms with Crippen LogP contribution in [0.5, 0.6) is 0 Å². The van der Waals surface area contributed by atoms with Gasteiger partial charge >= 0.3 is 0 Å². The Hall–Kier alpha value is -0.500. The van der Waals surface area contributed by atoms with Crippen molar-refractivity contribution in [1.29, 1.82) is 0 Å². The van der Waals surface area contributed by atoms with Crippen molar-refractivity contribution in [3.8, 4) is 5.82 Å². The van der Waals surface area contributed by atoms with Crippen LogP contribution >= 0.6 is 38.5 Å². The molecule has 72 valence electrons. The molecule has 0 saturated heterocycles. The largest absolute Gasteiger partial charge is 0.236 e. The molecular weight excluding hydrogens is 359 g/mol. The smallest absolute Gasteiger partial charge is 0.155 e. The zero-order chi connectivity index (χ0) is 9.97. The first-order valence-corrected chi connectivity index (χ1v) is 6.20. The van der Waals surface area contributed by atoms with Gasteiger partial charge in [-0.15, -0.1) is 5.10 Å². The monoisotopic (exact) mass is 364 g/mol. The summed E-state index contributed by atoms with van der Waals surface area (Å²) in [6.07, 6.45) is 3.61. The van der Waals surface area contributed by atoms with E-state index in [0.29, 0.717) is 0 Å². The van der Waals surface area contributed by atoms with E-state index in [4.69, 9.17) is 0 Å². The zero-order valence-electron chi connectivity index (χ0n) is 7.06. The third kappa shape index (κ3) is 2.11. The molecule has 0 aromatic carbocycles. The second-order valence-electron chi connectivity index (χ2n) is 2.62. The zero-order valence-corrected chi connectivity index (χ0v) is 10.8. The summed E-state index contributed by atoms with van der Waals surface area (Å²) in [5, 5.41) is 7.96. The SMILES string of the molecule is Brc1ccc(-n2cc(CI)nn2)nc1. The molecular formula is C8H6BrIN4. The van der Waals surface area contributed by atoms with Crippen LogP contribution in [0.3, 0.4) is 0 Å². The Labute approximate surface area is 103 Å². The Morgan fingerprint density at radius 2 is 2.29 bits per heavy atom. The summed E-state index contributed by atoms with van der Waals surface area (Å²) in [6.45, 7) is 0. The standard InChI is InChI=1S/C8H6BrIN4/c9-6-1-2-8(11-4-6)14-5-7(3-10)12-13-14/h1-2,4-5H,3H2. The van der Waals surface area contributed by atoms with Gasteiger partial charge in [0.25, 0.3) is 0 Å². The fraction of sp³-hybridized carbons (Fsp3) is 0.125. The van der Waals surface area contributed by atoms with E-state index in [0.717, 1.165) is 20.4 Å². The Morgan fingerprint density at radius 1 is 1.43 bits per heavy atom. The molecule has 2 heterocycles. The summed E-state index contributed by atoms with van der Waals surface area (Å²) in [5.41, 5.74) is 0.954. The molecule has 2 rings (SSSR count). The van der Waals surface area contributed by atoms with Gasteiger partial charge in [0.05, 0.1) is 11.9 Å². The Morgan fingerprint density at radius 3 is 2.86 bits per heavy atom. The van der Waals surface area contributed by atoms with Crippen molar-refractivity contribution in [1.82, 2.24) is 20.0 Å². The highest BCUT2D eigenvalue weighted by Crippen LogP contribution is 2.10. The van der Waals surface area contributed by atoms with Gasteiger partial charge in [0.2, 0.25) is 0 Å². The molecule has 0 bridgehead atoms. The summed E-state index contributed by atoms with van der Waals surface area (Å²) in [6, 6.07) is 3.81. The third-order valence-corrected chi connectivity index (χ3v) is 2.87. The number of nitrogens with zero attached hydrogens (tertiary/aromatic N) is 4. The lowest BCUT2D eigenvalue weighted by Gasteiger charge is -1.97. The number of pyridine rings is 1. The molecule has 0 radical (unpaired) electrons. The lowest BCUT2D eigenvalue weighted by Crippen LogP contribution is -1.97. The van der Waals surface area contributed by atoms with Crippen molar-refractivity contribution in [3.63, 3.8) is 0 Å². The van der Waals surface area contributed by atoms with Crippen LogP contribution in [-0.4, -0.2) is 20.0 Å². The van der Waals surface area contributed by atoms with E-state index in [1.807, 2.05) is 18.3 Å². The van der Waals surface area contributed by atoms with E-state index in [-0.39, 0.29) is 0 Å². The minimum Gasteiger partial charge on any atom is -0.236 e. The van der Waals surface area contributed by atoms with Gasteiger partial charge in [-0.25, -0.2) is 9.67 Å². The summed E-state index contributed by atoms with van der Waals surface area (Å²) in [5.74, 6) is 0.775. The maximum atomic E-state index is 4.21. The van der Waals surface area contributed by atoms with Gasteiger partial charge in [-0.1, -0.05) is 27.8 Å². The molecule has 2 aromatic heterocycles. The molecule has 0 atom stereocenters. The molecule has 0 unspecified atom stereocenters. The van der Waals surface area contributed by atoms with Gasteiger partial charge in [0, 0.05) is 15.1 Å². The summed E-state index contributed by atoms with van der Waals surface area (Å²) in [7, 11) is 0. The van der Waals surface area contributed by atoms with Crippen LogP contribution in [0.15, 0.2) is 29.0 Å². The summed E-state index contributed by atoms with van der Waals surface area (Å²) < 4.78 is 3.48. The molecule has 0 aliphatic rings. The van der Waals surface area contributed by atoms with Crippen LogP contribution in [0.1, 0.15) is 5.69 Å². The number of hydrogen-bond donors (Lipinski definition) is 0. The van der Waals surface area contributed by atoms with Crippen molar-refractivity contribution in [3.05, 3.63) is 34.7 Å². The molecule has 0 spiro atoms. The molecule has 0 aliphatic heterocycles. The molecule has 4 nitrogen and oxygen atoms in total. The normalized spacial score (nSPS) is 10.4. The third-order valence-electron chi connectivity index (χ3n) is 1.62. The van der Waals surface area contributed by atoms with Crippen molar-refractivity contribution < 1.29 is 0 Å². The molecule has 14 heavy (non-hydrogen) atoms. The first kappa shape index (κ1) is 10.0. The predicted octanol–water partition coefficient (Wildman–Crippen LogP) is 2.36. The number of hydrogen-bond acceptors (Lipinski definition) is 3. The molecule has 6 heteroatoms. The Bertz CT molecular complexity index is 425. The quantitative estimate of drug-likeness (QED) is 0.607. The van der Waals surface area contributed by atoms with E-state index >= 15 is 0 Å². The second-order valence-corrected chi connectivity index (χ2v) is 4.30. The minimum atomic E-state index is 0.775. The van der Waals surface area contributed by atoms with Gasteiger partial charge in [0.1, 0.15) is 0 Å². The van der Waals surface area contributed by atoms with Gasteiger partial charge < -0.3 is 0 Å². The van der Waals surface area contributed by atoms with E-state index in [2.05, 4.69) is 53.8 Å². The molecule has 0 N–H and O–H groups in total. The average Bonchev–Trinajstić information content (AvgIpc) is 2.67. The lowest BCUT2D eigenvalue weighted by atomic mass is 10.4. The van der Waals surface area contributed by atoms with Crippen LogP contribution in [0, 0.1) is 0 Å². The molecule has 0 amide bonds. The second kappa shape index (κ2) is 4.35. The van der Waals surface area contributed by atoms with Gasteiger partial charge in [0.15, 0.2) is 5.82 Å². The van der Waals surface area contributed by atoms with Gasteiger partial charge in [-0.05, 0) is 28.1 Å². The van der Waals surface area contributed by atoms with E-state index < -0.39 is 0 Å². The number of aromatic nitrogens is 4. The molecule has 0 aliphatic carbocycles. The van der Waals surface area contributed by atoms with Crippen molar-refractivity contribution >= 4 is 38.5 Å². The van der Waals surface area contributed by atoms with E-state index in [1.165, 1.54) is 0 Å². The summed E-state index contributed by atoms with van der Waals surface area (Å²) in [4.78, 5) is 4.21. The van der Waals surface area contributed by atoms with Gasteiger partial charge in [-0.2, -0.15) is 0 Å². The first-order valence-electron chi connectivity index (χ1n) is 3.89. The predicted molar refractivity (Wildman–Crippen MR) is 64.6 cm³/mol. The van der Waals surface area contributed by atoms with Crippen LogP contribution in [-0.2, 0) is 4.43 Å². The van der Waals surface area contributed by atoms with Crippen LogP contribution in [0.4, 0.5) is 0 Å². The number of alkyl halides is 1. The maximum Gasteiger partial charge on any atom is 0.155 e. The van der Waals surface area contributed by atoms with Crippen molar-refractivity contribution in [2.45, 2.75) is 4.43 Å². The fourth-order valence-electron chi connectivity index (χ4n) is 0.975. The van der Waals surface area contributed by atoms with Crippen molar-refractivity contribution in [2.75, 3.05) is 0 Å². The lowest BCUT2D eigenvalue weighted by molar-refractivity contribution is 0.779. The molecule has 2 aromatic rings. The average molecular weight is 365 g/mol. The van der Waals surface area contributed by atoms with Crippen LogP contribution in [0.25, 0.3) is 5.82 Å². The number of rotatable bonds is 2. The summed E-state index contributed by atoms with van der Waals surface area (Å²) >= 11 is 5.58. The highest BCUT2D eigenvalue weighted by atomic mass is 127. The van der Waals surface area contributed by atoms with Crippen LogP contribution < -0.4 is 0 Å². The Kier molecular flexibility index (Phi) is 3.12. The van der Waals surface area contributed by atoms with E-state index in [1.54, 1.807) is 10.9 Å². The minimum absolute atomic E-state index is 0.775. The van der Waals surface area contributed by atoms with Crippen molar-refractivity contribution in [2.24, 2.45) is 0 Å². The first-order chi connectivity index (χ1) is 6.79. The highest BCUT2D eigenvalue weighted by Gasteiger charge is 2.01. The maximum absolute atomic E-state index is 4.21. The molecule has 0 saturated carbocycles. The van der Waals surface area contributed by atoms with Gasteiger partial charge in [-0.3, -0.25) is 0 Å². The number of halogens is 2. The topological polar surface area (TPSA) is 43.6 Å². The van der Waals surface area contributed by atoms with E-state index in [9.17, 15) is 0 Å². The highest BCUT2D eigenvalue weighted by molar-refractivity contribution is 14.1.